The number of benzene rings is 2. The summed E-state index contributed by atoms with van der Waals surface area (Å²) in [4.78, 5) is 2.40. The predicted octanol–water partition coefficient (Wildman–Crippen LogP) is 4.58. The third-order valence-electron chi connectivity index (χ3n) is 5.21. The average molecular weight is 441 g/mol. The summed E-state index contributed by atoms with van der Waals surface area (Å²) in [6.07, 6.45) is 0.665. The molecule has 1 aliphatic rings. The van der Waals surface area contributed by atoms with Gasteiger partial charge in [-0.15, -0.1) is 12.4 Å². The first kappa shape index (κ1) is 21.4. The second-order valence-electron chi connectivity index (χ2n) is 6.66. The van der Waals surface area contributed by atoms with Crippen LogP contribution in [0.2, 0.25) is 0 Å². The van der Waals surface area contributed by atoms with E-state index in [1.807, 2.05) is 30.3 Å². The summed E-state index contributed by atoms with van der Waals surface area (Å²) < 4.78 is 6.51. The molecule has 5 heteroatoms. The maximum Gasteiger partial charge on any atom is 0.0974 e. The van der Waals surface area contributed by atoms with E-state index in [4.69, 9.17) is 4.74 Å². The summed E-state index contributed by atoms with van der Waals surface area (Å²) in [6, 6.07) is 18.5. The molecule has 2 atom stereocenters. The Morgan fingerprint density at radius 3 is 2.27 bits per heavy atom. The van der Waals surface area contributed by atoms with Crippen molar-refractivity contribution in [2.75, 3.05) is 32.8 Å². The fourth-order valence-corrected chi connectivity index (χ4v) is 3.91. The summed E-state index contributed by atoms with van der Waals surface area (Å²) in [5, 5.41) is 11.8. The van der Waals surface area contributed by atoms with Gasteiger partial charge >= 0.3 is 0 Å². The summed E-state index contributed by atoms with van der Waals surface area (Å²) in [5.74, 6) is 0.0120. The van der Waals surface area contributed by atoms with Crippen molar-refractivity contribution in [2.45, 2.75) is 24.9 Å². The topological polar surface area (TPSA) is 32.7 Å². The quantitative estimate of drug-likeness (QED) is 0.713. The van der Waals surface area contributed by atoms with Gasteiger partial charge in [0.1, 0.15) is 0 Å². The first-order chi connectivity index (χ1) is 12.1. The molecule has 1 N–H and O–H groups in total. The molecule has 0 amide bonds. The van der Waals surface area contributed by atoms with Crippen LogP contribution in [0.3, 0.4) is 0 Å². The summed E-state index contributed by atoms with van der Waals surface area (Å²) in [7, 11) is 0. The van der Waals surface area contributed by atoms with Crippen LogP contribution < -0.4 is 0 Å². The number of nitrogens with zero attached hydrogens (tertiary/aromatic N) is 1. The van der Waals surface area contributed by atoms with Crippen molar-refractivity contribution in [1.29, 1.82) is 0 Å². The molecule has 0 radical (unpaired) electrons. The highest BCUT2D eigenvalue weighted by atomic mass is 79.9. The van der Waals surface area contributed by atoms with Gasteiger partial charge in [0.15, 0.2) is 0 Å². The van der Waals surface area contributed by atoms with Crippen molar-refractivity contribution in [1.82, 2.24) is 4.90 Å². The van der Waals surface area contributed by atoms with E-state index < -0.39 is 5.60 Å². The molecule has 3 rings (SSSR count). The highest BCUT2D eigenvalue weighted by molar-refractivity contribution is 9.10. The van der Waals surface area contributed by atoms with Gasteiger partial charge in [0.05, 0.1) is 18.8 Å². The molecule has 3 nitrogen and oxygen atoms in total. The molecule has 1 fully saturated rings. The molecule has 142 valence electrons. The molecule has 2 aromatic rings. The van der Waals surface area contributed by atoms with Crippen LogP contribution in [0.1, 0.15) is 30.4 Å². The monoisotopic (exact) mass is 439 g/mol. The molecule has 0 aliphatic carbocycles. The van der Waals surface area contributed by atoms with Crippen molar-refractivity contribution in [3.05, 3.63) is 70.2 Å². The van der Waals surface area contributed by atoms with Crippen LogP contribution in [0.25, 0.3) is 0 Å². The maximum absolute atomic E-state index is 11.8. The molecule has 0 spiro atoms. The van der Waals surface area contributed by atoms with Crippen LogP contribution in [0.15, 0.2) is 59.1 Å². The second kappa shape index (κ2) is 9.86. The Hall–Kier alpha value is -0.910. The number of hydrogen-bond acceptors (Lipinski definition) is 3. The molecule has 1 saturated heterocycles. The van der Waals surface area contributed by atoms with Crippen molar-refractivity contribution in [3.63, 3.8) is 0 Å². The van der Waals surface area contributed by atoms with E-state index in [2.05, 4.69) is 52.0 Å². The lowest BCUT2D eigenvalue weighted by Gasteiger charge is -2.40. The number of halogens is 2. The Labute approximate surface area is 170 Å². The van der Waals surface area contributed by atoms with Crippen molar-refractivity contribution in [3.8, 4) is 0 Å². The van der Waals surface area contributed by atoms with Gasteiger partial charge in [0.25, 0.3) is 0 Å². The fraction of sp³-hybridized carbons (Fsp3) is 0.429. The minimum Gasteiger partial charge on any atom is -0.384 e. The summed E-state index contributed by atoms with van der Waals surface area (Å²) in [5.41, 5.74) is 1.25. The standard InChI is InChI=1S/C21H26BrNO2.ClH/c1-2-21(24,18-8-10-19(22)11-9-18)20(17-6-4-3-5-7-17)16-23-12-14-25-15-13-23;/h3-11,20,24H,2,12-16H2,1H3;1H. The molecule has 0 aromatic heterocycles. The zero-order chi connectivity index (χ0) is 17.7. The van der Waals surface area contributed by atoms with Gasteiger partial charge in [-0.05, 0) is 29.7 Å². The van der Waals surface area contributed by atoms with Gasteiger partial charge in [-0.3, -0.25) is 4.90 Å². The minimum atomic E-state index is -0.902. The molecule has 26 heavy (non-hydrogen) atoms. The fourth-order valence-electron chi connectivity index (χ4n) is 3.65. The largest absolute Gasteiger partial charge is 0.384 e. The van der Waals surface area contributed by atoms with Crippen LogP contribution in [0.5, 0.6) is 0 Å². The number of aliphatic hydroxyl groups is 1. The summed E-state index contributed by atoms with van der Waals surface area (Å²) >= 11 is 3.49. The zero-order valence-corrected chi connectivity index (χ0v) is 17.5. The Morgan fingerprint density at radius 1 is 1.08 bits per heavy atom. The van der Waals surface area contributed by atoms with E-state index >= 15 is 0 Å². The van der Waals surface area contributed by atoms with E-state index in [1.54, 1.807) is 0 Å². The predicted molar refractivity (Wildman–Crippen MR) is 112 cm³/mol. The second-order valence-corrected chi connectivity index (χ2v) is 7.58. The Bertz CT molecular complexity index is 661. The van der Waals surface area contributed by atoms with Crippen molar-refractivity contribution < 1.29 is 9.84 Å². The molecular formula is C21H27BrClNO2. The maximum atomic E-state index is 11.8. The van der Waals surface area contributed by atoms with Crippen LogP contribution >= 0.6 is 28.3 Å². The highest BCUT2D eigenvalue weighted by Gasteiger charge is 2.39. The van der Waals surface area contributed by atoms with Gasteiger partial charge in [0, 0.05) is 30.0 Å². The lowest BCUT2D eigenvalue weighted by Crippen LogP contribution is -2.44. The van der Waals surface area contributed by atoms with Crippen LogP contribution in [0.4, 0.5) is 0 Å². The van der Waals surface area contributed by atoms with Gasteiger partial charge < -0.3 is 9.84 Å². The molecule has 0 saturated carbocycles. The van der Waals surface area contributed by atoms with Crippen LogP contribution in [0, 0.1) is 0 Å². The molecule has 0 bridgehead atoms. The molecule has 1 heterocycles. The number of morpholine rings is 1. The third-order valence-corrected chi connectivity index (χ3v) is 5.73. The first-order valence-corrected chi connectivity index (χ1v) is 9.76. The van der Waals surface area contributed by atoms with Gasteiger partial charge in [-0.2, -0.15) is 0 Å². The van der Waals surface area contributed by atoms with Crippen LogP contribution in [-0.2, 0) is 10.3 Å². The van der Waals surface area contributed by atoms with Crippen LogP contribution in [-0.4, -0.2) is 42.9 Å². The summed E-state index contributed by atoms with van der Waals surface area (Å²) in [6.45, 7) is 6.27. The van der Waals surface area contributed by atoms with Gasteiger partial charge in [-0.1, -0.05) is 65.3 Å². The number of hydrogen-bond donors (Lipinski definition) is 1. The van der Waals surface area contributed by atoms with Crippen molar-refractivity contribution >= 4 is 28.3 Å². The number of rotatable bonds is 6. The zero-order valence-electron chi connectivity index (χ0n) is 15.1. The Morgan fingerprint density at radius 2 is 1.69 bits per heavy atom. The molecular weight excluding hydrogens is 414 g/mol. The SMILES string of the molecule is CCC(O)(c1ccc(Br)cc1)C(CN1CCOCC1)c1ccccc1.Cl. The van der Waals surface area contributed by atoms with E-state index in [-0.39, 0.29) is 18.3 Å². The van der Waals surface area contributed by atoms with E-state index in [0.29, 0.717) is 6.42 Å². The van der Waals surface area contributed by atoms with Gasteiger partial charge in [0.2, 0.25) is 0 Å². The Balaban J connectivity index is 0.00000243. The van der Waals surface area contributed by atoms with Gasteiger partial charge in [-0.25, -0.2) is 0 Å². The van der Waals surface area contributed by atoms with E-state index in [9.17, 15) is 5.11 Å². The van der Waals surface area contributed by atoms with E-state index in [0.717, 1.165) is 42.9 Å². The van der Waals surface area contributed by atoms with Crippen molar-refractivity contribution in [2.24, 2.45) is 0 Å². The highest BCUT2D eigenvalue weighted by Crippen LogP contribution is 2.40. The molecule has 2 aromatic carbocycles. The minimum absolute atomic E-state index is 0. The molecule has 2 unspecified atom stereocenters. The first-order valence-electron chi connectivity index (χ1n) is 8.97. The lowest BCUT2D eigenvalue weighted by atomic mass is 9.75. The number of ether oxygens (including phenoxy) is 1. The van der Waals surface area contributed by atoms with E-state index in [1.165, 1.54) is 5.56 Å². The molecule has 1 aliphatic heterocycles. The lowest BCUT2D eigenvalue weighted by molar-refractivity contribution is -0.0250. The Kier molecular flexibility index (Phi) is 8.11. The normalized spacial score (nSPS) is 18.6. The smallest absolute Gasteiger partial charge is 0.0974 e. The third kappa shape index (κ3) is 4.87. The average Bonchev–Trinajstić information content (AvgIpc) is 2.67.